The van der Waals surface area contributed by atoms with Crippen LogP contribution in [0.4, 0.5) is 0 Å². The summed E-state index contributed by atoms with van der Waals surface area (Å²) in [5.74, 6) is -0.523. The minimum atomic E-state index is -0.593. The van der Waals surface area contributed by atoms with E-state index in [9.17, 15) is 9.59 Å². The minimum Gasteiger partial charge on any atom is -0.352 e. The van der Waals surface area contributed by atoms with Crippen molar-refractivity contribution in [3.8, 4) is 0 Å². The van der Waals surface area contributed by atoms with Gasteiger partial charge in [-0.1, -0.05) is 0 Å². The van der Waals surface area contributed by atoms with Gasteiger partial charge in [0.2, 0.25) is 11.8 Å². The number of nitrogens with two attached hydrogens (primary N) is 1. The molecule has 2 amide bonds. The Labute approximate surface area is 84.4 Å². The van der Waals surface area contributed by atoms with Crippen molar-refractivity contribution in [3.05, 3.63) is 0 Å². The number of carbonyl (C=O) groups is 2. The number of rotatable bonds is 4. The second kappa shape index (κ2) is 5.59. The standard InChI is InChI=1S/C9H19N3O2/c1-5(2)11-9(14)7(4)12-8(13)6(3)10/h5-7H,10H2,1-4H3,(H,11,14)(H,12,13)/t6-,7-/m0/s1. The van der Waals surface area contributed by atoms with E-state index in [1.54, 1.807) is 13.8 Å². The van der Waals surface area contributed by atoms with Crippen LogP contribution in [0.3, 0.4) is 0 Å². The predicted octanol–water partition coefficient (Wildman–Crippen LogP) is -0.637. The summed E-state index contributed by atoms with van der Waals surface area (Å²) >= 11 is 0. The van der Waals surface area contributed by atoms with Crippen molar-refractivity contribution >= 4 is 11.8 Å². The summed E-state index contributed by atoms with van der Waals surface area (Å²) in [4.78, 5) is 22.5. The molecule has 0 unspecified atom stereocenters. The highest BCUT2D eigenvalue weighted by Crippen LogP contribution is 1.86. The Morgan fingerprint density at radius 2 is 1.50 bits per heavy atom. The molecule has 0 aromatic carbocycles. The number of hydrogen-bond donors (Lipinski definition) is 3. The van der Waals surface area contributed by atoms with Crippen LogP contribution in [0.2, 0.25) is 0 Å². The number of amides is 2. The maximum atomic E-state index is 11.3. The summed E-state index contributed by atoms with van der Waals surface area (Å²) in [5, 5.41) is 5.20. The molecular formula is C9H19N3O2. The average Bonchev–Trinajstić information content (AvgIpc) is 2.02. The van der Waals surface area contributed by atoms with Gasteiger partial charge in [-0.3, -0.25) is 9.59 Å². The van der Waals surface area contributed by atoms with Gasteiger partial charge in [0.1, 0.15) is 6.04 Å². The molecule has 0 aromatic heterocycles. The van der Waals surface area contributed by atoms with Gasteiger partial charge in [-0.2, -0.15) is 0 Å². The van der Waals surface area contributed by atoms with Gasteiger partial charge < -0.3 is 16.4 Å². The summed E-state index contributed by atoms with van der Waals surface area (Å²) in [6, 6.07) is -1.07. The zero-order valence-electron chi connectivity index (χ0n) is 9.13. The fraction of sp³-hybridized carbons (Fsp3) is 0.778. The smallest absolute Gasteiger partial charge is 0.242 e. The number of nitrogens with one attached hydrogen (secondary N) is 2. The highest BCUT2D eigenvalue weighted by Gasteiger charge is 2.17. The van der Waals surface area contributed by atoms with Gasteiger partial charge in [0, 0.05) is 6.04 Å². The molecule has 0 saturated heterocycles. The van der Waals surface area contributed by atoms with Crippen LogP contribution in [0.5, 0.6) is 0 Å². The van der Waals surface area contributed by atoms with E-state index in [0.29, 0.717) is 0 Å². The van der Waals surface area contributed by atoms with Crippen LogP contribution in [0.1, 0.15) is 27.7 Å². The second-order valence-electron chi connectivity index (χ2n) is 3.68. The molecule has 0 fully saturated rings. The van der Waals surface area contributed by atoms with Gasteiger partial charge in [-0.25, -0.2) is 0 Å². The maximum Gasteiger partial charge on any atom is 0.242 e. The molecule has 0 spiro atoms. The SMILES string of the molecule is CC(C)NC(=O)[C@H](C)NC(=O)[C@H](C)N. The van der Waals surface area contributed by atoms with E-state index in [0.717, 1.165) is 0 Å². The van der Waals surface area contributed by atoms with Crippen LogP contribution in [0.15, 0.2) is 0 Å². The fourth-order valence-electron chi connectivity index (χ4n) is 0.820. The Balaban J connectivity index is 4.01. The highest BCUT2D eigenvalue weighted by molar-refractivity contribution is 5.89. The van der Waals surface area contributed by atoms with Crippen LogP contribution in [-0.2, 0) is 9.59 Å². The van der Waals surface area contributed by atoms with Crippen LogP contribution in [0, 0.1) is 0 Å². The van der Waals surface area contributed by atoms with E-state index in [1.165, 1.54) is 0 Å². The summed E-state index contributed by atoms with van der Waals surface area (Å²) in [5.41, 5.74) is 5.34. The molecule has 0 heterocycles. The highest BCUT2D eigenvalue weighted by atomic mass is 16.2. The van der Waals surface area contributed by atoms with E-state index in [2.05, 4.69) is 10.6 Å². The van der Waals surface area contributed by atoms with Crippen LogP contribution in [0.25, 0.3) is 0 Å². The summed E-state index contributed by atoms with van der Waals surface area (Å²) in [7, 11) is 0. The summed E-state index contributed by atoms with van der Waals surface area (Å²) in [6.45, 7) is 6.91. The lowest BCUT2D eigenvalue weighted by atomic mass is 10.2. The lowest BCUT2D eigenvalue weighted by molar-refractivity contribution is -0.129. The van der Waals surface area contributed by atoms with Gasteiger partial charge >= 0.3 is 0 Å². The third-order valence-corrected chi connectivity index (χ3v) is 1.60. The molecule has 0 aliphatic rings. The summed E-state index contributed by atoms with van der Waals surface area (Å²) < 4.78 is 0. The Hall–Kier alpha value is -1.10. The molecular weight excluding hydrogens is 182 g/mol. The molecule has 0 radical (unpaired) electrons. The average molecular weight is 201 g/mol. The van der Waals surface area contributed by atoms with Crippen molar-refractivity contribution in [2.75, 3.05) is 0 Å². The monoisotopic (exact) mass is 201 g/mol. The second-order valence-corrected chi connectivity index (χ2v) is 3.68. The van der Waals surface area contributed by atoms with E-state index in [4.69, 9.17) is 5.73 Å². The first-order valence-electron chi connectivity index (χ1n) is 4.71. The number of hydrogen-bond acceptors (Lipinski definition) is 3. The molecule has 0 rings (SSSR count). The van der Waals surface area contributed by atoms with E-state index >= 15 is 0 Å². The Morgan fingerprint density at radius 3 is 1.86 bits per heavy atom. The Morgan fingerprint density at radius 1 is 1.00 bits per heavy atom. The first kappa shape index (κ1) is 12.9. The number of carbonyl (C=O) groups excluding carboxylic acids is 2. The molecule has 5 heteroatoms. The molecule has 5 nitrogen and oxygen atoms in total. The van der Waals surface area contributed by atoms with Crippen molar-refractivity contribution in [1.82, 2.24) is 10.6 Å². The molecule has 0 aliphatic heterocycles. The normalized spacial score (nSPS) is 14.7. The molecule has 0 saturated carbocycles. The van der Waals surface area contributed by atoms with Gasteiger partial charge in [0.25, 0.3) is 0 Å². The largest absolute Gasteiger partial charge is 0.352 e. The Bertz CT molecular complexity index is 214. The van der Waals surface area contributed by atoms with Crippen LogP contribution >= 0.6 is 0 Å². The van der Waals surface area contributed by atoms with Crippen molar-refractivity contribution in [2.24, 2.45) is 5.73 Å². The van der Waals surface area contributed by atoms with Crippen LogP contribution in [-0.4, -0.2) is 29.9 Å². The molecule has 0 aliphatic carbocycles. The molecule has 0 aromatic rings. The lowest BCUT2D eigenvalue weighted by Crippen LogP contribution is -2.50. The van der Waals surface area contributed by atoms with Crippen LogP contribution < -0.4 is 16.4 Å². The predicted molar refractivity (Wildman–Crippen MR) is 54.5 cm³/mol. The van der Waals surface area contributed by atoms with Gasteiger partial charge in [-0.15, -0.1) is 0 Å². The van der Waals surface area contributed by atoms with Gasteiger partial charge in [-0.05, 0) is 27.7 Å². The Kier molecular flexibility index (Phi) is 5.15. The van der Waals surface area contributed by atoms with Crippen molar-refractivity contribution < 1.29 is 9.59 Å². The van der Waals surface area contributed by atoms with E-state index in [-0.39, 0.29) is 17.9 Å². The molecule has 14 heavy (non-hydrogen) atoms. The molecule has 82 valence electrons. The molecule has 2 atom stereocenters. The minimum absolute atomic E-state index is 0.0668. The third kappa shape index (κ3) is 4.81. The summed E-state index contributed by atoms with van der Waals surface area (Å²) in [6.07, 6.45) is 0. The topological polar surface area (TPSA) is 84.2 Å². The van der Waals surface area contributed by atoms with Crippen molar-refractivity contribution in [3.63, 3.8) is 0 Å². The fourth-order valence-corrected chi connectivity index (χ4v) is 0.820. The van der Waals surface area contributed by atoms with Crippen molar-refractivity contribution in [2.45, 2.75) is 45.8 Å². The van der Waals surface area contributed by atoms with Gasteiger partial charge in [0.15, 0.2) is 0 Å². The molecule has 4 N–H and O–H groups in total. The first-order chi connectivity index (χ1) is 6.34. The van der Waals surface area contributed by atoms with E-state index < -0.39 is 12.1 Å². The first-order valence-corrected chi connectivity index (χ1v) is 4.71. The zero-order chi connectivity index (χ0) is 11.3. The van der Waals surface area contributed by atoms with Gasteiger partial charge in [0.05, 0.1) is 6.04 Å². The van der Waals surface area contributed by atoms with Crippen molar-refractivity contribution in [1.29, 1.82) is 0 Å². The third-order valence-electron chi connectivity index (χ3n) is 1.60. The molecule has 0 bridgehead atoms. The van der Waals surface area contributed by atoms with E-state index in [1.807, 2.05) is 13.8 Å². The lowest BCUT2D eigenvalue weighted by Gasteiger charge is -2.16. The maximum absolute atomic E-state index is 11.3. The quantitative estimate of drug-likeness (QED) is 0.566. The zero-order valence-corrected chi connectivity index (χ0v) is 9.13.